The number of carbonyl (C=O) groups excluding carboxylic acids is 1. The van der Waals surface area contributed by atoms with Gasteiger partial charge < -0.3 is 9.64 Å². The molecule has 3 nitrogen and oxygen atoms in total. The van der Waals surface area contributed by atoms with Crippen LogP contribution in [0.3, 0.4) is 0 Å². The van der Waals surface area contributed by atoms with E-state index in [2.05, 4.69) is 56.3 Å². The second-order valence-electron chi connectivity index (χ2n) is 6.81. The van der Waals surface area contributed by atoms with Crippen molar-refractivity contribution in [2.24, 2.45) is 5.92 Å². The number of aryl methyl sites for hydroxylation is 1. The maximum Gasteiger partial charge on any atom is 0.231 e. The molecule has 1 aliphatic heterocycles. The summed E-state index contributed by atoms with van der Waals surface area (Å²) in [4.78, 5) is 15.1. The van der Waals surface area contributed by atoms with Gasteiger partial charge >= 0.3 is 0 Å². The van der Waals surface area contributed by atoms with Crippen LogP contribution < -0.4 is 4.74 Å². The minimum absolute atomic E-state index is 0.0301. The van der Waals surface area contributed by atoms with Crippen molar-refractivity contribution in [3.8, 4) is 5.75 Å². The van der Waals surface area contributed by atoms with E-state index in [4.69, 9.17) is 4.74 Å². The predicted octanol–water partition coefficient (Wildman–Crippen LogP) is 5.02. The molecule has 0 N–H and O–H groups in total. The van der Waals surface area contributed by atoms with Crippen molar-refractivity contribution in [1.82, 2.24) is 4.90 Å². The van der Waals surface area contributed by atoms with Crippen molar-refractivity contribution in [3.05, 3.63) is 71.3 Å². The topological polar surface area (TPSA) is 29.5 Å². The van der Waals surface area contributed by atoms with Crippen LogP contribution >= 0.6 is 0 Å². The van der Waals surface area contributed by atoms with Crippen LogP contribution in [-0.4, -0.2) is 24.5 Å². The third kappa shape index (κ3) is 3.39. The second kappa shape index (κ2) is 7.77. The number of hydrogen-bond donors (Lipinski definition) is 0. The lowest BCUT2D eigenvalue weighted by atomic mass is 9.79. The van der Waals surface area contributed by atoms with E-state index >= 15 is 0 Å². The Balaban J connectivity index is 2.08. The van der Waals surface area contributed by atoms with E-state index in [1.807, 2.05) is 24.0 Å². The van der Waals surface area contributed by atoms with Crippen molar-refractivity contribution in [2.75, 3.05) is 13.7 Å². The molecule has 0 aromatic heterocycles. The fourth-order valence-electron chi connectivity index (χ4n) is 3.73. The zero-order valence-corrected chi connectivity index (χ0v) is 16.0. The molecular formula is C23H27NO2. The molecule has 136 valence electrons. The summed E-state index contributed by atoms with van der Waals surface area (Å²) >= 11 is 0. The van der Waals surface area contributed by atoms with Gasteiger partial charge in [-0.05, 0) is 43.5 Å². The van der Waals surface area contributed by atoms with Gasteiger partial charge in [0.25, 0.3) is 0 Å². The number of allylic oxidation sites excluding steroid dienone is 1. The maximum absolute atomic E-state index is 13.2. The Labute approximate surface area is 156 Å². The Morgan fingerprint density at radius 2 is 1.65 bits per heavy atom. The molecule has 0 bridgehead atoms. The first-order chi connectivity index (χ1) is 12.6. The second-order valence-corrected chi connectivity index (χ2v) is 6.81. The van der Waals surface area contributed by atoms with Crippen LogP contribution in [0.5, 0.6) is 5.75 Å². The van der Waals surface area contributed by atoms with E-state index in [9.17, 15) is 4.79 Å². The lowest BCUT2D eigenvalue weighted by Crippen LogP contribution is -2.40. The van der Waals surface area contributed by atoms with Gasteiger partial charge in [0.05, 0.1) is 7.11 Å². The van der Waals surface area contributed by atoms with E-state index in [1.54, 1.807) is 7.11 Å². The van der Waals surface area contributed by atoms with Crippen LogP contribution in [0.2, 0.25) is 0 Å². The van der Waals surface area contributed by atoms with Gasteiger partial charge in [-0.3, -0.25) is 4.79 Å². The number of methoxy groups -OCH3 is 1. The normalized spacial score (nSPS) is 20.1. The van der Waals surface area contributed by atoms with Crippen LogP contribution in [-0.2, 0) is 4.79 Å². The van der Waals surface area contributed by atoms with E-state index in [-0.39, 0.29) is 17.7 Å². The summed E-state index contributed by atoms with van der Waals surface area (Å²) in [5.74, 6) is 1.10. The first kappa shape index (κ1) is 18.2. The average Bonchev–Trinajstić information content (AvgIpc) is 2.68. The van der Waals surface area contributed by atoms with Gasteiger partial charge in [0, 0.05) is 24.1 Å². The molecular weight excluding hydrogens is 322 g/mol. The maximum atomic E-state index is 13.2. The molecule has 1 heterocycles. The summed E-state index contributed by atoms with van der Waals surface area (Å²) < 4.78 is 5.28. The Morgan fingerprint density at radius 3 is 2.19 bits per heavy atom. The van der Waals surface area contributed by atoms with Gasteiger partial charge in [-0.2, -0.15) is 0 Å². The van der Waals surface area contributed by atoms with Crippen LogP contribution in [0.25, 0.3) is 5.70 Å². The molecule has 0 saturated carbocycles. The molecule has 26 heavy (non-hydrogen) atoms. The molecule has 3 heteroatoms. The zero-order valence-electron chi connectivity index (χ0n) is 16.0. The predicted molar refractivity (Wildman–Crippen MR) is 106 cm³/mol. The molecule has 0 fully saturated rings. The van der Waals surface area contributed by atoms with Gasteiger partial charge in [-0.15, -0.1) is 0 Å². The zero-order chi connectivity index (χ0) is 18.7. The number of hydrogen-bond acceptors (Lipinski definition) is 2. The Bertz CT molecular complexity index is 790. The summed E-state index contributed by atoms with van der Waals surface area (Å²) in [6.45, 7) is 6.90. The summed E-state index contributed by atoms with van der Waals surface area (Å²) in [6.07, 6.45) is 3.09. The minimum Gasteiger partial charge on any atom is -0.497 e. The molecule has 2 aromatic rings. The van der Waals surface area contributed by atoms with Crippen molar-refractivity contribution < 1.29 is 9.53 Å². The van der Waals surface area contributed by atoms with Crippen molar-refractivity contribution >= 4 is 11.6 Å². The first-order valence-corrected chi connectivity index (χ1v) is 9.33. The average molecular weight is 349 g/mol. The van der Waals surface area contributed by atoms with Crippen LogP contribution in [0.1, 0.15) is 42.9 Å². The number of carbonyl (C=O) groups is 1. The summed E-state index contributed by atoms with van der Waals surface area (Å²) in [5, 5.41) is 0. The number of nitrogens with zero attached hydrogens (tertiary/aromatic N) is 1. The standard InChI is InChI=1S/C23H27NO2/c1-5-20-21(17-11-13-19(26-4)14-12-17)15-22(24(6-2)23(20)25)18-9-7-16(3)8-10-18/h7-15,20-21H,5-6H2,1-4H3. The van der Waals surface area contributed by atoms with Crippen LogP contribution in [0, 0.1) is 12.8 Å². The van der Waals surface area contributed by atoms with Crippen molar-refractivity contribution in [2.45, 2.75) is 33.1 Å². The highest BCUT2D eigenvalue weighted by atomic mass is 16.5. The van der Waals surface area contributed by atoms with Gasteiger partial charge in [0.2, 0.25) is 5.91 Å². The monoisotopic (exact) mass is 349 g/mol. The molecule has 1 aliphatic rings. The SMILES string of the molecule is CCC1C(=O)N(CC)C(c2ccc(C)cc2)=CC1c1ccc(OC)cc1. The third-order valence-corrected chi connectivity index (χ3v) is 5.25. The molecule has 1 amide bonds. The van der Waals surface area contributed by atoms with Gasteiger partial charge in [0.15, 0.2) is 0 Å². The van der Waals surface area contributed by atoms with Crippen molar-refractivity contribution in [1.29, 1.82) is 0 Å². The quantitative estimate of drug-likeness (QED) is 0.759. The molecule has 3 rings (SSSR count). The summed E-state index contributed by atoms with van der Waals surface area (Å²) in [7, 11) is 1.67. The molecule has 0 saturated heterocycles. The summed E-state index contributed by atoms with van der Waals surface area (Å²) in [5.41, 5.74) is 4.49. The third-order valence-electron chi connectivity index (χ3n) is 5.25. The molecule has 0 spiro atoms. The highest BCUT2D eigenvalue weighted by Gasteiger charge is 2.36. The smallest absolute Gasteiger partial charge is 0.231 e. The molecule has 2 unspecified atom stereocenters. The van der Waals surface area contributed by atoms with Crippen LogP contribution in [0.4, 0.5) is 0 Å². The number of benzene rings is 2. The molecule has 0 aliphatic carbocycles. The molecule has 2 atom stereocenters. The lowest BCUT2D eigenvalue weighted by Gasteiger charge is -2.37. The van der Waals surface area contributed by atoms with Crippen molar-refractivity contribution in [3.63, 3.8) is 0 Å². The van der Waals surface area contributed by atoms with Gasteiger partial charge in [-0.25, -0.2) is 0 Å². The highest BCUT2D eigenvalue weighted by molar-refractivity contribution is 5.92. The van der Waals surface area contributed by atoms with Gasteiger partial charge in [0.1, 0.15) is 5.75 Å². The Hall–Kier alpha value is -2.55. The summed E-state index contributed by atoms with van der Waals surface area (Å²) in [6, 6.07) is 16.5. The number of ether oxygens (including phenoxy) is 1. The molecule has 2 aromatic carbocycles. The largest absolute Gasteiger partial charge is 0.497 e. The first-order valence-electron chi connectivity index (χ1n) is 9.33. The molecule has 0 radical (unpaired) electrons. The lowest BCUT2D eigenvalue weighted by molar-refractivity contribution is -0.133. The fraction of sp³-hybridized carbons (Fsp3) is 0.348. The minimum atomic E-state index is -0.0301. The van der Waals surface area contributed by atoms with E-state index < -0.39 is 0 Å². The fourth-order valence-corrected chi connectivity index (χ4v) is 3.73. The van der Waals surface area contributed by atoms with E-state index in [1.165, 1.54) is 5.56 Å². The van der Waals surface area contributed by atoms with Gasteiger partial charge in [-0.1, -0.05) is 55.0 Å². The number of rotatable bonds is 5. The van der Waals surface area contributed by atoms with E-state index in [0.29, 0.717) is 6.54 Å². The van der Waals surface area contributed by atoms with E-state index in [0.717, 1.165) is 29.0 Å². The number of amides is 1. The Morgan fingerprint density at radius 1 is 1.00 bits per heavy atom. The van der Waals surface area contributed by atoms with Crippen LogP contribution in [0.15, 0.2) is 54.6 Å². The Kier molecular flexibility index (Phi) is 5.46. The highest BCUT2D eigenvalue weighted by Crippen LogP contribution is 2.39.